The largest absolute Gasteiger partial charge is 0.324 e. The second-order valence-corrected chi connectivity index (χ2v) is 7.87. The maximum Gasteiger partial charge on any atom is 0.264 e. The lowest BCUT2D eigenvalue weighted by molar-refractivity contribution is -0.114. The Hall–Kier alpha value is -3.12. The van der Waals surface area contributed by atoms with Gasteiger partial charge in [0.2, 0.25) is 5.91 Å². The predicted molar refractivity (Wildman–Crippen MR) is 116 cm³/mol. The highest BCUT2D eigenvalue weighted by Gasteiger charge is 2.27. The Balaban J connectivity index is 2.39. The average Bonchev–Trinajstić information content (AvgIpc) is 2.69. The number of sulfonamides is 1. The first kappa shape index (κ1) is 21.2. The lowest BCUT2D eigenvalue weighted by atomic mass is 10.2. The standard InChI is InChI=1S/C22H24N2O3S/c1-4-6-15-20(5-2)28(26,27)24(19-13-8-7-9-14-19)17-22(25)23-21-16-11-10-12-18(21)3/h4-16H,2,17H2,1,3H3,(H,23,25)/b6-4-,20-15+. The van der Waals surface area contributed by atoms with E-state index in [0.717, 1.165) is 9.87 Å². The summed E-state index contributed by atoms with van der Waals surface area (Å²) in [6.45, 7) is 6.90. The fraction of sp³-hybridized carbons (Fsp3) is 0.136. The van der Waals surface area contributed by atoms with E-state index < -0.39 is 15.9 Å². The first-order valence-electron chi connectivity index (χ1n) is 8.79. The number of allylic oxidation sites excluding steroid dienone is 4. The SMILES string of the molecule is C=C/C(=C\C=C/C)S(=O)(=O)N(CC(=O)Nc1ccccc1C)c1ccccc1. The number of rotatable bonds is 8. The minimum Gasteiger partial charge on any atom is -0.324 e. The zero-order valence-corrected chi connectivity index (χ0v) is 16.8. The molecule has 0 radical (unpaired) electrons. The topological polar surface area (TPSA) is 66.5 Å². The van der Waals surface area contributed by atoms with Crippen LogP contribution in [0.5, 0.6) is 0 Å². The van der Waals surface area contributed by atoms with Gasteiger partial charge in [-0.3, -0.25) is 9.10 Å². The zero-order chi connectivity index (χ0) is 20.6. The molecule has 2 rings (SSSR count). The Morgan fingerprint density at radius 2 is 1.75 bits per heavy atom. The Kier molecular flexibility index (Phi) is 7.35. The third-order valence-electron chi connectivity index (χ3n) is 3.99. The lowest BCUT2D eigenvalue weighted by Gasteiger charge is -2.24. The Morgan fingerprint density at radius 3 is 2.36 bits per heavy atom. The van der Waals surface area contributed by atoms with Crippen LogP contribution in [0, 0.1) is 6.92 Å². The summed E-state index contributed by atoms with van der Waals surface area (Å²) in [5.74, 6) is -0.434. The van der Waals surface area contributed by atoms with Gasteiger partial charge >= 0.3 is 0 Å². The van der Waals surface area contributed by atoms with Crippen molar-refractivity contribution in [3.63, 3.8) is 0 Å². The highest BCUT2D eigenvalue weighted by molar-refractivity contribution is 7.96. The van der Waals surface area contributed by atoms with Gasteiger partial charge in [0.15, 0.2) is 0 Å². The van der Waals surface area contributed by atoms with Gasteiger partial charge in [-0.05, 0) is 49.8 Å². The molecule has 0 atom stereocenters. The van der Waals surface area contributed by atoms with E-state index in [0.29, 0.717) is 11.4 Å². The number of amides is 1. The number of carbonyl (C=O) groups excluding carboxylic acids is 1. The van der Waals surface area contributed by atoms with Gasteiger partial charge < -0.3 is 5.32 Å². The van der Waals surface area contributed by atoms with Crippen LogP contribution in [0.1, 0.15) is 12.5 Å². The van der Waals surface area contributed by atoms with E-state index in [1.807, 2.05) is 25.1 Å². The van der Waals surface area contributed by atoms with Gasteiger partial charge in [0.25, 0.3) is 10.0 Å². The van der Waals surface area contributed by atoms with Crippen molar-refractivity contribution in [3.05, 3.63) is 95.9 Å². The summed E-state index contributed by atoms with van der Waals surface area (Å²) >= 11 is 0. The molecule has 2 aromatic carbocycles. The van der Waals surface area contributed by atoms with Gasteiger partial charge in [0.1, 0.15) is 6.54 Å². The number of para-hydroxylation sites is 2. The molecule has 0 saturated carbocycles. The minimum absolute atomic E-state index is 0.0122. The van der Waals surface area contributed by atoms with Gasteiger partial charge in [0, 0.05) is 5.69 Å². The number of anilines is 2. The first-order valence-corrected chi connectivity index (χ1v) is 10.2. The molecule has 0 bridgehead atoms. The summed E-state index contributed by atoms with van der Waals surface area (Å²) in [5, 5.41) is 2.78. The molecule has 6 heteroatoms. The van der Waals surface area contributed by atoms with E-state index in [-0.39, 0.29) is 11.4 Å². The molecule has 0 saturated heterocycles. The van der Waals surface area contributed by atoms with Crippen LogP contribution in [0.15, 0.2) is 90.4 Å². The Labute approximate surface area is 166 Å². The van der Waals surface area contributed by atoms with Gasteiger partial charge in [-0.1, -0.05) is 55.1 Å². The minimum atomic E-state index is -3.97. The highest BCUT2D eigenvalue weighted by Crippen LogP contribution is 2.23. The fourth-order valence-corrected chi connectivity index (χ4v) is 3.92. The van der Waals surface area contributed by atoms with Crippen molar-refractivity contribution in [2.45, 2.75) is 13.8 Å². The molecule has 1 N–H and O–H groups in total. The molecule has 5 nitrogen and oxygen atoms in total. The summed E-state index contributed by atoms with van der Waals surface area (Å²) in [4.78, 5) is 12.7. The van der Waals surface area contributed by atoms with Crippen molar-refractivity contribution >= 4 is 27.3 Å². The molecule has 0 heterocycles. The molecule has 1 amide bonds. The van der Waals surface area contributed by atoms with Crippen molar-refractivity contribution < 1.29 is 13.2 Å². The molecule has 0 aliphatic rings. The smallest absolute Gasteiger partial charge is 0.264 e. The molecule has 0 aromatic heterocycles. The Bertz CT molecular complexity index is 993. The third kappa shape index (κ3) is 5.20. The number of hydrogen-bond acceptors (Lipinski definition) is 3. The van der Waals surface area contributed by atoms with E-state index in [4.69, 9.17) is 0 Å². The number of nitrogens with one attached hydrogen (secondary N) is 1. The van der Waals surface area contributed by atoms with Gasteiger partial charge in [-0.15, -0.1) is 0 Å². The Morgan fingerprint density at radius 1 is 1.11 bits per heavy atom. The molecule has 2 aromatic rings. The van der Waals surface area contributed by atoms with Gasteiger partial charge in [-0.25, -0.2) is 8.42 Å². The average molecular weight is 397 g/mol. The van der Waals surface area contributed by atoms with Crippen LogP contribution in [0.4, 0.5) is 11.4 Å². The predicted octanol–water partition coefficient (Wildman–Crippen LogP) is 4.42. The van der Waals surface area contributed by atoms with E-state index in [1.54, 1.807) is 55.5 Å². The van der Waals surface area contributed by atoms with Crippen LogP contribution < -0.4 is 9.62 Å². The number of carbonyl (C=O) groups is 1. The number of hydrogen-bond donors (Lipinski definition) is 1. The second-order valence-electron chi connectivity index (χ2n) is 6.01. The van der Waals surface area contributed by atoms with E-state index >= 15 is 0 Å². The van der Waals surface area contributed by atoms with Crippen LogP contribution >= 0.6 is 0 Å². The van der Waals surface area contributed by atoms with Crippen molar-refractivity contribution in [2.75, 3.05) is 16.2 Å². The van der Waals surface area contributed by atoms with E-state index in [2.05, 4.69) is 11.9 Å². The zero-order valence-electron chi connectivity index (χ0n) is 16.0. The van der Waals surface area contributed by atoms with Gasteiger partial charge in [-0.2, -0.15) is 0 Å². The molecule has 0 fully saturated rings. The summed E-state index contributed by atoms with van der Waals surface area (Å²) < 4.78 is 27.5. The quantitative estimate of drug-likeness (QED) is 0.672. The molecule has 0 unspecified atom stereocenters. The molecule has 146 valence electrons. The molecule has 0 spiro atoms. The maximum absolute atomic E-state index is 13.2. The maximum atomic E-state index is 13.2. The summed E-state index contributed by atoms with van der Waals surface area (Å²) in [5.41, 5.74) is 1.94. The van der Waals surface area contributed by atoms with Crippen molar-refractivity contribution in [2.24, 2.45) is 0 Å². The first-order chi connectivity index (χ1) is 13.4. The molecular formula is C22H24N2O3S. The summed E-state index contributed by atoms with van der Waals surface area (Å²) in [6.07, 6.45) is 6.06. The van der Waals surface area contributed by atoms with Gasteiger partial charge in [0.05, 0.1) is 10.6 Å². The number of nitrogens with zero attached hydrogens (tertiary/aromatic N) is 1. The van der Waals surface area contributed by atoms with E-state index in [9.17, 15) is 13.2 Å². The summed E-state index contributed by atoms with van der Waals surface area (Å²) in [6, 6.07) is 15.8. The molecule has 0 aliphatic heterocycles. The fourth-order valence-electron chi connectivity index (χ4n) is 2.52. The van der Waals surface area contributed by atoms with Crippen LogP contribution in [-0.2, 0) is 14.8 Å². The highest BCUT2D eigenvalue weighted by atomic mass is 32.2. The van der Waals surface area contributed by atoms with E-state index in [1.165, 1.54) is 12.2 Å². The molecular weight excluding hydrogens is 372 g/mol. The van der Waals surface area contributed by atoms with Crippen molar-refractivity contribution in [1.82, 2.24) is 0 Å². The monoisotopic (exact) mass is 396 g/mol. The molecule has 0 aliphatic carbocycles. The summed E-state index contributed by atoms with van der Waals surface area (Å²) in [7, 11) is -3.97. The van der Waals surface area contributed by atoms with Crippen LogP contribution in [0.25, 0.3) is 0 Å². The van der Waals surface area contributed by atoms with Crippen LogP contribution in [-0.4, -0.2) is 20.9 Å². The number of aryl methyl sites for hydroxylation is 1. The second kappa shape index (κ2) is 9.71. The normalized spacial score (nSPS) is 12.0. The van der Waals surface area contributed by atoms with Crippen LogP contribution in [0.3, 0.4) is 0 Å². The lowest BCUT2D eigenvalue weighted by Crippen LogP contribution is -2.38. The van der Waals surface area contributed by atoms with Crippen molar-refractivity contribution in [1.29, 1.82) is 0 Å². The molecule has 28 heavy (non-hydrogen) atoms. The number of benzene rings is 2. The third-order valence-corrected chi connectivity index (χ3v) is 5.81. The van der Waals surface area contributed by atoms with Crippen LogP contribution in [0.2, 0.25) is 0 Å². The van der Waals surface area contributed by atoms with Crippen molar-refractivity contribution in [3.8, 4) is 0 Å².